The Kier molecular flexibility index (Phi) is 4.80. The SMILES string of the molecule is NC(CC1CCCCC1)C(=O)N1CCNCC1. The first-order valence-corrected chi connectivity index (χ1v) is 7.02. The van der Waals surface area contributed by atoms with Crippen molar-refractivity contribution in [2.45, 2.75) is 44.6 Å². The standard InChI is InChI=1S/C13H25N3O/c14-12(10-11-4-2-1-3-5-11)13(17)16-8-6-15-7-9-16/h11-12,15H,1-10,14H2. The summed E-state index contributed by atoms with van der Waals surface area (Å²) in [5, 5.41) is 3.26. The van der Waals surface area contributed by atoms with E-state index in [0.717, 1.165) is 32.6 Å². The van der Waals surface area contributed by atoms with Crippen LogP contribution in [0.15, 0.2) is 0 Å². The van der Waals surface area contributed by atoms with Crippen LogP contribution in [0, 0.1) is 5.92 Å². The zero-order chi connectivity index (χ0) is 12.1. The molecule has 1 saturated heterocycles. The number of nitrogens with one attached hydrogen (secondary N) is 1. The number of carbonyl (C=O) groups excluding carboxylic acids is 1. The van der Waals surface area contributed by atoms with Crippen molar-refractivity contribution in [3.8, 4) is 0 Å². The molecule has 1 saturated carbocycles. The van der Waals surface area contributed by atoms with Gasteiger partial charge in [0.1, 0.15) is 0 Å². The van der Waals surface area contributed by atoms with Gasteiger partial charge in [-0.3, -0.25) is 4.79 Å². The molecule has 2 rings (SSSR count). The Morgan fingerprint density at radius 3 is 2.53 bits per heavy atom. The Bertz CT molecular complexity index is 245. The molecule has 4 heteroatoms. The predicted molar refractivity (Wildman–Crippen MR) is 68.6 cm³/mol. The van der Waals surface area contributed by atoms with E-state index in [0.29, 0.717) is 5.92 Å². The van der Waals surface area contributed by atoms with Crippen molar-refractivity contribution in [2.75, 3.05) is 26.2 Å². The molecule has 2 fully saturated rings. The summed E-state index contributed by atoms with van der Waals surface area (Å²) in [6.07, 6.45) is 7.42. The first-order valence-electron chi connectivity index (χ1n) is 7.02. The van der Waals surface area contributed by atoms with Gasteiger partial charge in [-0.2, -0.15) is 0 Å². The molecule has 0 aromatic carbocycles. The lowest BCUT2D eigenvalue weighted by atomic mass is 9.85. The van der Waals surface area contributed by atoms with E-state index in [9.17, 15) is 4.79 Å². The molecule has 3 N–H and O–H groups in total. The van der Waals surface area contributed by atoms with Crippen molar-refractivity contribution in [3.63, 3.8) is 0 Å². The van der Waals surface area contributed by atoms with Crippen LogP contribution in [0.4, 0.5) is 0 Å². The Balaban J connectivity index is 1.77. The highest BCUT2D eigenvalue weighted by molar-refractivity contribution is 5.81. The van der Waals surface area contributed by atoms with E-state index in [2.05, 4.69) is 5.32 Å². The van der Waals surface area contributed by atoms with Crippen LogP contribution in [0.5, 0.6) is 0 Å². The van der Waals surface area contributed by atoms with Gasteiger partial charge in [0.15, 0.2) is 0 Å². The average molecular weight is 239 g/mol. The molecule has 1 atom stereocenters. The normalized spacial score (nSPS) is 24.6. The van der Waals surface area contributed by atoms with Gasteiger partial charge < -0.3 is 16.0 Å². The lowest BCUT2D eigenvalue weighted by Gasteiger charge is -2.31. The zero-order valence-corrected chi connectivity index (χ0v) is 10.7. The molecule has 2 aliphatic rings. The first-order chi connectivity index (χ1) is 8.27. The van der Waals surface area contributed by atoms with Crippen LogP contribution in [0.2, 0.25) is 0 Å². The number of hydrogen-bond donors (Lipinski definition) is 2. The summed E-state index contributed by atoms with van der Waals surface area (Å²) >= 11 is 0. The van der Waals surface area contributed by atoms with Gasteiger partial charge in [0.05, 0.1) is 6.04 Å². The highest BCUT2D eigenvalue weighted by Crippen LogP contribution is 2.27. The summed E-state index contributed by atoms with van der Waals surface area (Å²) in [4.78, 5) is 14.1. The van der Waals surface area contributed by atoms with E-state index >= 15 is 0 Å². The minimum Gasteiger partial charge on any atom is -0.339 e. The number of rotatable bonds is 3. The summed E-state index contributed by atoms with van der Waals surface area (Å²) in [7, 11) is 0. The summed E-state index contributed by atoms with van der Waals surface area (Å²) in [5.74, 6) is 0.850. The molecule has 1 aliphatic carbocycles. The highest BCUT2D eigenvalue weighted by Gasteiger charge is 2.25. The molecular weight excluding hydrogens is 214 g/mol. The second kappa shape index (κ2) is 6.36. The molecule has 4 nitrogen and oxygen atoms in total. The quantitative estimate of drug-likeness (QED) is 0.763. The number of nitrogens with zero attached hydrogens (tertiary/aromatic N) is 1. The molecule has 1 amide bonds. The van der Waals surface area contributed by atoms with Gasteiger partial charge in [0.2, 0.25) is 5.91 Å². The van der Waals surface area contributed by atoms with Crippen molar-refractivity contribution < 1.29 is 4.79 Å². The third kappa shape index (κ3) is 3.68. The monoisotopic (exact) mass is 239 g/mol. The van der Waals surface area contributed by atoms with Crippen LogP contribution in [0.25, 0.3) is 0 Å². The van der Waals surface area contributed by atoms with E-state index in [4.69, 9.17) is 5.73 Å². The van der Waals surface area contributed by atoms with Crippen molar-refractivity contribution in [1.82, 2.24) is 10.2 Å². The maximum Gasteiger partial charge on any atom is 0.239 e. The van der Waals surface area contributed by atoms with Gasteiger partial charge in [-0.15, -0.1) is 0 Å². The molecule has 1 unspecified atom stereocenters. The van der Waals surface area contributed by atoms with Gasteiger partial charge in [-0.05, 0) is 12.3 Å². The van der Waals surface area contributed by atoms with Gasteiger partial charge in [0, 0.05) is 26.2 Å². The maximum atomic E-state index is 12.1. The maximum absolute atomic E-state index is 12.1. The van der Waals surface area contributed by atoms with Crippen LogP contribution in [-0.4, -0.2) is 43.0 Å². The average Bonchev–Trinajstić information content (AvgIpc) is 2.40. The summed E-state index contributed by atoms with van der Waals surface area (Å²) < 4.78 is 0. The van der Waals surface area contributed by atoms with E-state index in [1.807, 2.05) is 4.90 Å². The summed E-state index contributed by atoms with van der Waals surface area (Å²) in [5.41, 5.74) is 6.07. The lowest BCUT2D eigenvalue weighted by Crippen LogP contribution is -2.52. The number of carbonyl (C=O) groups is 1. The summed E-state index contributed by atoms with van der Waals surface area (Å²) in [6.45, 7) is 3.44. The number of hydrogen-bond acceptors (Lipinski definition) is 3. The van der Waals surface area contributed by atoms with Gasteiger partial charge in [-0.1, -0.05) is 32.1 Å². The molecule has 98 valence electrons. The van der Waals surface area contributed by atoms with Crippen molar-refractivity contribution >= 4 is 5.91 Å². The lowest BCUT2D eigenvalue weighted by molar-refractivity contribution is -0.133. The fourth-order valence-corrected chi connectivity index (χ4v) is 3.00. The molecule has 0 radical (unpaired) electrons. The Morgan fingerprint density at radius 1 is 1.24 bits per heavy atom. The van der Waals surface area contributed by atoms with Gasteiger partial charge >= 0.3 is 0 Å². The van der Waals surface area contributed by atoms with E-state index in [1.54, 1.807) is 0 Å². The fourth-order valence-electron chi connectivity index (χ4n) is 3.00. The first kappa shape index (κ1) is 12.8. The highest BCUT2D eigenvalue weighted by atomic mass is 16.2. The molecular formula is C13H25N3O. The van der Waals surface area contributed by atoms with Gasteiger partial charge in [0.25, 0.3) is 0 Å². The molecule has 1 aliphatic heterocycles. The minimum absolute atomic E-state index is 0.164. The van der Waals surface area contributed by atoms with Crippen LogP contribution >= 0.6 is 0 Å². The number of amides is 1. The van der Waals surface area contributed by atoms with E-state index in [-0.39, 0.29) is 11.9 Å². The molecule has 0 spiro atoms. The number of piperazine rings is 1. The number of nitrogens with two attached hydrogens (primary N) is 1. The second-order valence-electron chi connectivity index (χ2n) is 5.42. The molecule has 0 aromatic rings. The second-order valence-corrected chi connectivity index (χ2v) is 5.42. The Labute approximate surface area is 104 Å². The van der Waals surface area contributed by atoms with Crippen LogP contribution in [0.1, 0.15) is 38.5 Å². The smallest absolute Gasteiger partial charge is 0.239 e. The zero-order valence-electron chi connectivity index (χ0n) is 10.7. The van der Waals surface area contributed by atoms with Crippen LogP contribution < -0.4 is 11.1 Å². The molecule has 1 heterocycles. The third-order valence-corrected chi connectivity index (χ3v) is 4.06. The largest absolute Gasteiger partial charge is 0.339 e. The predicted octanol–water partition coefficient (Wildman–Crippen LogP) is 0.716. The minimum atomic E-state index is -0.267. The molecule has 0 bridgehead atoms. The molecule has 17 heavy (non-hydrogen) atoms. The topological polar surface area (TPSA) is 58.4 Å². The van der Waals surface area contributed by atoms with Crippen molar-refractivity contribution in [3.05, 3.63) is 0 Å². The van der Waals surface area contributed by atoms with Crippen LogP contribution in [0.3, 0.4) is 0 Å². The van der Waals surface area contributed by atoms with Crippen molar-refractivity contribution in [2.24, 2.45) is 11.7 Å². The Hall–Kier alpha value is -0.610. The van der Waals surface area contributed by atoms with E-state index in [1.165, 1.54) is 32.1 Å². The molecule has 0 aromatic heterocycles. The van der Waals surface area contributed by atoms with Crippen LogP contribution in [-0.2, 0) is 4.79 Å². The third-order valence-electron chi connectivity index (χ3n) is 4.06. The van der Waals surface area contributed by atoms with Crippen molar-refractivity contribution in [1.29, 1.82) is 0 Å². The van der Waals surface area contributed by atoms with E-state index < -0.39 is 0 Å². The fraction of sp³-hybridized carbons (Fsp3) is 0.923. The Morgan fingerprint density at radius 2 is 1.88 bits per heavy atom. The van der Waals surface area contributed by atoms with Gasteiger partial charge in [-0.25, -0.2) is 0 Å². The summed E-state index contributed by atoms with van der Waals surface area (Å²) in [6, 6.07) is -0.267.